The molecular formula is C13H17F2N3O. The van der Waals surface area contributed by atoms with Gasteiger partial charge in [-0.25, -0.2) is 8.78 Å². The summed E-state index contributed by atoms with van der Waals surface area (Å²) in [6, 6.07) is 7.79. The highest BCUT2D eigenvalue weighted by Gasteiger charge is 2.16. The van der Waals surface area contributed by atoms with E-state index < -0.39 is 12.5 Å². The summed E-state index contributed by atoms with van der Waals surface area (Å²) in [5, 5.41) is 17.3. The highest BCUT2D eigenvalue weighted by molar-refractivity contribution is 5.81. The van der Waals surface area contributed by atoms with Crippen LogP contribution < -0.4 is 5.32 Å². The van der Waals surface area contributed by atoms with E-state index >= 15 is 0 Å². The highest BCUT2D eigenvalue weighted by Crippen LogP contribution is 2.18. The van der Waals surface area contributed by atoms with E-state index in [0.717, 1.165) is 23.1 Å². The average Bonchev–Trinajstić information content (AvgIpc) is 2.77. The van der Waals surface area contributed by atoms with Crippen LogP contribution in [0.25, 0.3) is 10.9 Å². The van der Waals surface area contributed by atoms with Gasteiger partial charge in [0.05, 0.1) is 11.2 Å². The number of hydrogen-bond acceptors (Lipinski definition) is 3. The zero-order valence-corrected chi connectivity index (χ0v) is 10.7. The van der Waals surface area contributed by atoms with Crippen LogP contribution in [0.5, 0.6) is 0 Å². The van der Waals surface area contributed by atoms with Crippen molar-refractivity contribution in [3.63, 3.8) is 0 Å². The first-order valence-corrected chi connectivity index (χ1v) is 6.24. The molecule has 0 saturated heterocycles. The third-order valence-corrected chi connectivity index (χ3v) is 2.97. The quantitative estimate of drug-likeness (QED) is 0.840. The van der Waals surface area contributed by atoms with E-state index in [1.165, 1.54) is 0 Å². The first-order chi connectivity index (χ1) is 9.13. The van der Waals surface area contributed by atoms with Gasteiger partial charge in [0.25, 0.3) is 6.43 Å². The van der Waals surface area contributed by atoms with Gasteiger partial charge in [0.1, 0.15) is 6.10 Å². The smallest absolute Gasteiger partial charge is 0.265 e. The van der Waals surface area contributed by atoms with E-state index in [4.69, 9.17) is 5.11 Å². The Morgan fingerprint density at radius 2 is 2.11 bits per heavy atom. The summed E-state index contributed by atoms with van der Waals surface area (Å²) in [7, 11) is 0. The molecule has 2 N–H and O–H groups in total. The van der Waals surface area contributed by atoms with Gasteiger partial charge < -0.3 is 10.4 Å². The molecule has 0 aliphatic heterocycles. The summed E-state index contributed by atoms with van der Waals surface area (Å²) < 4.78 is 26.2. The van der Waals surface area contributed by atoms with Crippen LogP contribution in [-0.2, 0) is 13.1 Å². The average molecular weight is 269 g/mol. The molecule has 0 amide bonds. The number of aliphatic hydroxyl groups is 1. The van der Waals surface area contributed by atoms with Gasteiger partial charge in [-0.05, 0) is 13.0 Å². The van der Waals surface area contributed by atoms with Crippen molar-refractivity contribution in [3.8, 4) is 0 Å². The Morgan fingerprint density at radius 1 is 1.37 bits per heavy atom. The maximum atomic E-state index is 12.2. The molecule has 1 heterocycles. The van der Waals surface area contributed by atoms with E-state index in [-0.39, 0.29) is 6.54 Å². The number of hydrogen-bond donors (Lipinski definition) is 2. The molecule has 19 heavy (non-hydrogen) atoms. The molecule has 0 bridgehead atoms. The van der Waals surface area contributed by atoms with E-state index in [1.54, 1.807) is 0 Å². The zero-order chi connectivity index (χ0) is 13.8. The highest BCUT2D eigenvalue weighted by atomic mass is 19.3. The predicted molar refractivity (Wildman–Crippen MR) is 69.1 cm³/mol. The van der Waals surface area contributed by atoms with E-state index in [2.05, 4.69) is 10.4 Å². The number of rotatable bonds is 6. The Bertz CT molecular complexity index is 542. The zero-order valence-electron chi connectivity index (χ0n) is 10.7. The molecule has 1 atom stereocenters. The summed E-state index contributed by atoms with van der Waals surface area (Å²) >= 11 is 0. The normalized spacial score (nSPS) is 13.3. The van der Waals surface area contributed by atoms with Crippen LogP contribution in [0, 0.1) is 0 Å². The van der Waals surface area contributed by atoms with Gasteiger partial charge in [0.15, 0.2) is 0 Å². The van der Waals surface area contributed by atoms with Gasteiger partial charge in [-0.2, -0.15) is 5.10 Å². The molecule has 0 aliphatic carbocycles. The van der Waals surface area contributed by atoms with Crippen molar-refractivity contribution in [2.75, 3.05) is 6.54 Å². The van der Waals surface area contributed by atoms with Crippen molar-refractivity contribution in [2.45, 2.75) is 32.5 Å². The lowest BCUT2D eigenvalue weighted by atomic mass is 10.2. The second kappa shape index (κ2) is 6.08. The Kier molecular flexibility index (Phi) is 4.44. The number of halogens is 2. The molecule has 0 saturated carbocycles. The molecule has 0 fully saturated rings. The number of aromatic nitrogens is 2. The van der Waals surface area contributed by atoms with Crippen LogP contribution in [0.4, 0.5) is 8.78 Å². The number of nitrogens with one attached hydrogen (secondary N) is 1. The lowest BCUT2D eigenvalue weighted by molar-refractivity contribution is -0.00343. The number of nitrogens with zero attached hydrogens (tertiary/aromatic N) is 2. The number of para-hydroxylation sites is 1. The van der Waals surface area contributed by atoms with Crippen molar-refractivity contribution in [1.29, 1.82) is 0 Å². The van der Waals surface area contributed by atoms with Gasteiger partial charge in [-0.1, -0.05) is 18.2 Å². The monoisotopic (exact) mass is 269 g/mol. The summed E-state index contributed by atoms with van der Waals surface area (Å²) in [6.45, 7) is 2.96. The summed E-state index contributed by atoms with van der Waals surface area (Å²) in [5.41, 5.74) is 1.83. The topological polar surface area (TPSA) is 50.1 Å². The molecule has 6 heteroatoms. The van der Waals surface area contributed by atoms with E-state index in [0.29, 0.717) is 6.54 Å². The maximum Gasteiger partial charge on any atom is 0.265 e. The molecule has 0 radical (unpaired) electrons. The number of aryl methyl sites for hydroxylation is 1. The van der Waals surface area contributed by atoms with Gasteiger partial charge >= 0.3 is 0 Å². The van der Waals surface area contributed by atoms with Crippen molar-refractivity contribution < 1.29 is 13.9 Å². The van der Waals surface area contributed by atoms with Crippen molar-refractivity contribution in [1.82, 2.24) is 15.1 Å². The number of fused-ring (bicyclic) bond motifs is 1. The Hall–Kier alpha value is -1.53. The Balaban J connectivity index is 2.08. The molecule has 2 aromatic rings. The Morgan fingerprint density at radius 3 is 2.79 bits per heavy atom. The van der Waals surface area contributed by atoms with Gasteiger partial charge in [-0.3, -0.25) is 4.68 Å². The minimum Gasteiger partial charge on any atom is -0.386 e. The fourth-order valence-corrected chi connectivity index (χ4v) is 2.00. The third kappa shape index (κ3) is 3.08. The van der Waals surface area contributed by atoms with Crippen molar-refractivity contribution in [3.05, 3.63) is 30.0 Å². The standard InChI is InChI=1S/C13H17F2N3O/c1-2-18-11-6-4-3-5-9(11)10(17-18)7-16-8-12(19)13(14)15/h3-6,12-13,16,19H,2,7-8H2,1H3. The molecular weight excluding hydrogens is 252 g/mol. The van der Waals surface area contributed by atoms with Crippen molar-refractivity contribution >= 4 is 10.9 Å². The predicted octanol–water partition coefficient (Wildman–Crippen LogP) is 1.77. The van der Waals surface area contributed by atoms with Crippen LogP contribution in [0.15, 0.2) is 24.3 Å². The lowest BCUT2D eigenvalue weighted by Gasteiger charge is -2.09. The van der Waals surface area contributed by atoms with E-state index in [9.17, 15) is 8.78 Å². The third-order valence-electron chi connectivity index (χ3n) is 2.97. The molecule has 0 spiro atoms. The van der Waals surface area contributed by atoms with Crippen LogP contribution >= 0.6 is 0 Å². The van der Waals surface area contributed by atoms with Crippen LogP contribution in [-0.4, -0.2) is 34.0 Å². The molecule has 0 aliphatic rings. The first kappa shape index (κ1) is 13.9. The second-order valence-electron chi connectivity index (χ2n) is 4.31. The minimum atomic E-state index is -2.72. The summed E-state index contributed by atoms with van der Waals surface area (Å²) in [6.07, 6.45) is -4.36. The van der Waals surface area contributed by atoms with Crippen molar-refractivity contribution in [2.24, 2.45) is 0 Å². The SMILES string of the molecule is CCn1nc(CNCC(O)C(F)F)c2ccccc21. The fourth-order valence-electron chi connectivity index (χ4n) is 2.00. The van der Waals surface area contributed by atoms with Crippen LogP contribution in [0.1, 0.15) is 12.6 Å². The molecule has 1 unspecified atom stereocenters. The minimum absolute atomic E-state index is 0.148. The van der Waals surface area contributed by atoms with E-state index in [1.807, 2.05) is 35.9 Å². The van der Waals surface area contributed by atoms with Gasteiger partial charge in [0, 0.05) is 25.0 Å². The lowest BCUT2D eigenvalue weighted by Crippen LogP contribution is -2.31. The number of aliphatic hydroxyl groups excluding tert-OH is 1. The fraction of sp³-hybridized carbons (Fsp3) is 0.462. The maximum absolute atomic E-state index is 12.2. The van der Waals surface area contributed by atoms with Crippen LogP contribution in [0.2, 0.25) is 0 Å². The summed E-state index contributed by atoms with van der Waals surface area (Å²) in [5.74, 6) is 0. The molecule has 2 rings (SSSR count). The largest absolute Gasteiger partial charge is 0.386 e. The molecule has 4 nitrogen and oxygen atoms in total. The second-order valence-corrected chi connectivity index (χ2v) is 4.31. The first-order valence-electron chi connectivity index (χ1n) is 6.24. The molecule has 1 aromatic heterocycles. The summed E-state index contributed by atoms with van der Waals surface area (Å²) in [4.78, 5) is 0. The number of alkyl halides is 2. The molecule has 1 aromatic carbocycles. The van der Waals surface area contributed by atoms with Gasteiger partial charge in [-0.15, -0.1) is 0 Å². The van der Waals surface area contributed by atoms with Gasteiger partial charge in [0.2, 0.25) is 0 Å². The molecule has 104 valence electrons. The Labute approximate surface area is 110 Å². The van der Waals surface area contributed by atoms with Crippen LogP contribution in [0.3, 0.4) is 0 Å². The number of benzene rings is 1.